The molecule has 0 aromatic heterocycles. The molecule has 2 aliphatic carbocycles. The number of benzene rings is 2. The fourth-order valence-corrected chi connectivity index (χ4v) is 5.79. The zero-order valence-corrected chi connectivity index (χ0v) is 20.9. The smallest absolute Gasteiger partial charge is 0.336 e. The van der Waals surface area contributed by atoms with Gasteiger partial charge in [0.2, 0.25) is 0 Å². The van der Waals surface area contributed by atoms with E-state index in [1.165, 1.54) is 12.1 Å². The summed E-state index contributed by atoms with van der Waals surface area (Å²) in [6.45, 7) is 1.82. The summed E-state index contributed by atoms with van der Waals surface area (Å²) in [4.78, 5) is 38.0. The van der Waals surface area contributed by atoms with Gasteiger partial charge in [-0.25, -0.2) is 4.79 Å². The van der Waals surface area contributed by atoms with Gasteiger partial charge < -0.3 is 14.8 Å². The third kappa shape index (κ3) is 4.88. The number of carbonyl (C=O) groups is 2. The van der Waals surface area contributed by atoms with E-state index >= 15 is 0 Å². The van der Waals surface area contributed by atoms with Crippen molar-refractivity contribution in [3.05, 3.63) is 92.8 Å². The lowest BCUT2D eigenvalue weighted by atomic mass is 9.68. The molecule has 1 saturated carbocycles. The lowest BCUT2D eigenvalue weighted by Crippen LogP contribution is -2.42. The molecule has 0 bridgehead atoms. The monoisotopic (exact) mass is 502 g/mol. The second-order valence-electron chi connectivity index (χ2n) is 9.95. The van der Waals surface area contributed by atoms with E-state index in [0.29, 0.717) is 16.8 Å². The summed E-state index contributed by atoms with van der Waals surface area (Å²) in [7, 11) is 1.61. The van der Waals surface area contributed by atoms with Crippen LogP contribution in [0.2, 0.25) is 0 Å². The summed E-state index contributed by atoms with van der Waals surface area (Å²) in [6, 6.07) is 13.8. The number of nitrogens with zero attached hydrogens (tertiary/aromatic N) is 1. The number of ether oxygens (including phenoxy) is 2. The number of hydrogen-bond acceptors (Lipinski definition) is 7. The highest BCUT2D eigenvalue weighted by Crippen LogP contribution is 2.46. The van der Waals surface area contributed by atoms with Gasteiger partial charge in [-0.2, -0.15) is 0 Å². The number of fused-ring (bicyclic) bond motifs is 1. The summed E-state index contributed by atoms with van der Waals surface area (Å²) in [6.07, 6.45) is 5.96. The normalized spacial score (nSPS) is 23.7. The molecule has 0 spiro atoms. The summed E-state index contributed by atoms with van der Waals surface area (Å²) in [5.74, 6) is -0.987. The number of nitro benzene ring substituents is 1. The Morgan fingerprint density at radius 1 is 1.00 bits per heavy atom. The van der Waals surface area contributed by atoms with Crippen LogP contribution in [-0.2, 0) is 14.3 Å². The molecule has 5 rings (SSSR count). The van der Waals surface area contributed by atoms with Crippen molar-refractivity contribution in [3.63, 3.8) is 0 Å². The average Bonchev–Trinajstić information content (AvgIpc) is 3.40. The number of esters is 1. The second kappa shape index (κ2) is 10.2. The number of allylic oxidation sites excluding steroid dienone is 3. The minimum atomic E-state index is -0.606. The van der Waals surface area contributed by atoms with E-state index in [1.807, 2.05) is 31.2 Å². The first-order chi connectivity index (χ1) is 17.9. The van der Waals surface area contributed by atoms with Crippen molar-refractivity contribution < 1.29 is 24.0 Å². The van der Waals surface area contributed by atoms with Gasteiger partial charge in [-0.05, 0) is 55.9 Å². The maximum absolute atomic E-state index is 13.7. The van der Waals surface area contributed by atoms with Gasteiger partial charge in [0.25, 0.3) is 5.69 Å². The van der Waals surface area contributed by atoms with Gasteiger partial charge in [0.15, 0.2) is 0 Å². The highest BCUT2D eigenvalue weighted by molar-refractivity contribution is 5.96. The van der Waals surface area contributed by atoms with Gasteiger partial charge in [0.05, 0.1) is 23.5 Å². The topological polar surface area (TPSA) is 108 Å². The Morgan fingerprint density at radius 2 is 1.65 bits per heavy atom. The zero-order chi connectivity index (χ0) is 26.1. The maximum atomic E-state index is 13.7. The van der Waals surface area contributed by atoms with Crippen LogP contribution in [0.25, 0.3) is 0 Å². The molecule has 1 aliphatic heterocycles. The van der Waals surface area contributed by atoms with Crippen molar-refractivity contribution >= 4 is 17.4 Å². The van der Waals surface area contributed by atoms with Crippen LogP contribution in [0.1, 0.15) is 62.0 Å². The van der Waals surface area contributed by atoms with Crippen molar-refractivity contribution in [2.75, 3.05) is 7.11 Å². The Morgan fingerprint density at radius 3 is 2.27 bits per heavy atom. The van der Waals surface area contributed by atoms with Crippen LogP contribution in [-0.4, -0.2) is 29.9 Å². The molecule has 2 aromatic rings. The molecular weight excluding hydrogens is 472 g/mol. The lowest BCUT2D eigenvalue weighted by Gasteiger charge is -2.39. The van der Waals surface area contributed by atoms with E-state index < -0.39 is 22.7 Å². The maximum Gasteiger partial charge on any atom is 0.336 e. The molecule has 8 heteroatoms. The van der Waals surface area contributed by atoms with Gasteiger partial charge in [-0.3, -0.25) is 14.9 Å². The summed E-state index contributed by atoms with van der Waals surface area (Å²) < 4.78 is 11.1. The zero-order valence-electron chi connectivity index (χ0n) is 20.9. The molecule has 0 saturated heterocycles. The first-order valence-corrected chi connectivity index (χ1v) is 12.7. The van der Waals surface area contributed by atoms with Gasteiger partial charge in [-0.15, -0.1) is 0 Å². The van der Waals surface area contributed by atoms with Crippen molar-refractivity contribution in [2.24, 2.45) is 5.92 Å². The van der Waals surface area contributed by atoms with Crippen LogP contribution in [0.3, 0.4) is 0 Å². The fraction of sp³-hybridized carbons (Fsp3) is 0.379. The van der Waals surface area contributed by atoms with Gasteiger partial charge in [0.1, 0.15) is 17.6 Å². The van der Waals surface area contributed by atoms with Crippen LogP contribution in [0, 0.1) is 16.0 Å². The number of nitro groups is 1. The fourth-order valence-electron chi connectivity index (χ4n) is 5.79. The molecule has 1 fully saturated rings. The molecule has 1 heterocycles. The average molecular weight is 503 g/mol. The van der Waals surface area contributed by atoms with Crippen LogP contribution in [0.4, 0.5) is 5.69 Å². The molecule has 0 amide bonds. The van der Waals surface area contributed by atoms with Crippen LogP contribution < -0.4 is 10.1 Å². The van der Waals surface area contributed by atoms with E-state index in [4.69, 9.17) is 9.47 Å². The highest BCUT2D eigenvalue weighted by Gasteiger charge is 2.45. The molecule has 8 nitrogen and oxygen atoms in total. The molecule has 37 heavy (non-hydrogen) atoms. The van der Waals surface area contributed by atoms with Crippen molar-refractivity contribution in [1.82, 2.24) is 5.32 Å². The lowest BCUT2D eigenvalue weighted by molar-refractivity contribution is -0.384. The number of ketones is 1. The Hall–Kier alpha value is -3.94. The van der Waals surface area contributed by atoms with E-state index in [1.54, 1.807) is 19.2 Å². The number of Topliss-reactive ketones (excluding diaryl/α,β-unsaturated/α-hetero) is 1. The number of hydrogen-bond donors (Lipinski definition) is 1. The van der Waals surface area contributed by atoms with Crippen LogP contribution in [0.15, 0.2) is 71.6 Å². The molecule has 0 radical (unpaired) electrons. The predicted molar refractivity (Wildman–Crippen MR) is 137 cm³/mol. The van der Waals surface area contributed by atoms with Crippen LogP contribution >= 0.6 is 0 Å². The SMILES string of the molecule is COc1ccc(C2C=C3NC(C)=C(C(=O)OC4CCCC4)C(c4ccc([N+](=O)[O-])cc4)C3C(=O)C2)cc1. The highest BCUT2D eigenvalue weighted by atomic mass is 16.6. The van der Waals surface area contributed by atoms with Crippen LogP contribution in [0.5, 0.6) is 5.75 Å². The van der Waals surface area contributed by atoms with Crippen molar-refractivity contribution in [2.45, 2.75) is 57.0 Å². The van der Waals surface area contributed by atoms with E-state index in [9.17, 15) is 19.7 Å². The Bertz CT molecular complexity index is 1270. The van der Waals surface area contributed by atoms with Crippen molar-refractivity contribution in [3.8, 4) is 5.75 Å². The molecule has 3 aliphatic rings. The first kappa shape index (κ1) is 24.7. The standard InChI is InChI=1S/C29H30N2O6/c1-17-26(29(33)37-23-5-3-4-6-23)27(19-7-11-21(12-8-19)31(34)35)28-24(30-17)15-20(16-25(28)32)18-9-13-22(36-2)14-10-18/h7-15,20,23,27-28,30H,3-6,16H2,1-2H3. The summed E-state index contributed by atoms with van der Waals surface area (Å²) in [5, 5.41) is 14.6. The van der Waals surface area contributed by atoms with Gasteiger partial charge in [-0.1, -0.05) is 30.3 Å². The quantitative estimate of drug-likeness (QED) is 0.324. The molecule has 2 aromatic carbocycles. The Balaban J connectivity index is 1.55. The first-order valence-electron chi connectivity index (χ1n) is 12.7. The summed E-state index contributed by atoms with van der Waals surface area (Å²) >= 11 is 0. The number of methoxy groups -OCH3 is 1. The molecule has 3 unspecified atom stereocenters. The van der Waals surface area contributed by atoms with Gasteiger partial charge in [0, 0.05) is 41.8 Å². The Kier molecular flexibility index (Phi) is 6.82. The van der Waals surface area contributed by atoms with E-state index in [-0.39, 0.29) is 29.9 Å². The number of non-ortho nitro benzene ring substituents is 1. The molecule has 3 atom stereocenters. The number of rotatable bonds is 6. The number of carbonyl (C=O) groups excluding carboxylic acids is 2. The number of nitrogens with one attached hydrogen (secondary N) is 1. The molecule has 192 valence electrons. The second-order valence-corrected chi connectivity index (χ2v) is 9.95. The predicted octanol–water partition coefficient (Wildman–Crippen LogP) is 5.31. The Labute approximate surface area is 215 Å². The molecular formula is C29H30N2O6. The summed E-state index contributed by atoms with van der Waals surface area (Å²) in [5.41, 5.74) is 3.43. The van der Waals surface area contributed by atoms with E-state index in [0.717, 1.165) is 42.7 Å². The third-order valence-corrected chi connectivity index (χ3v) is 7.67. The third-order valence-electron chi connectivity index (χ3n) is 7.67. The van der Waals surface area contributed by atoms with Crippen molar-refractivity contribution in [1.29, 1.82) is 0 Å². The van der Waals surface area contributed by atoms with E-state index in [2.05, 4.69) is 11.4 Å². The van der Waals surface area contributed by atoms with Gasteiger partial charge >= 0.3 is 5.97 Å². The minimum absolute atomic E-state index is 0.00726. The molecule has 1 N–H and O–H groups in total. The largest absolute Gasteiger partial charge is 0.497 e. The minimum Gasteiger partial charge on any atom is -0.497 e.